The molecule has 1 N–H and O–H groups in total. The summed E-state index contributed by atoms with van der Waals surface area (Å²) in [5.41, 5.74) is 4.56. The van der Waals surface area contributed by atoms with Crippen molar-refractivity contribution < 1.29 is 0 Å². The summed E-state index contributed by atoms with van der Waals surface area (Å²) in [7, 11) is 1.94. The molecule has 2 aromatic heterocycles. The first-order valence-electron chi connectivity index (χ1n) is 8.99. The lowest BCUT2D eigenvalue weighted by Gasteiger charge is -2.18. The topological polar surface area (TPSA) is 46.0 Å². The summed E-state index contributed by atoms with van der Waals surface area (Å²) < 4.78 is 1.85. The average molecular weight is 335 g/mol. The zero-order valence-electron chi connectivity index (χ0n) is 14.9. The molecule has 1 aliphatic heterocycles. The molecule has 0 amide bonds. The lowest BCUT2D eigenvalue weighted by atomic mass is 10.1. The summed E-state index contributed by atoms with van der Waals surface area (Å²) in [6, 6.07) is 12.9. The van der Waals surface area contributed by atoms with Crippen molar-refractivity contribution in [2.75, 3.05) is 24.5 Å². The van der Waals surface area contributed by atoms with E-state index in [9.17, 15) is 0 Å². The smallest absolute Gasteiger partial charge is 0.157 e. The highest BCUT2D eigenvalue weighted by atomic mass is 15.3. The van der Waals surface area contributed by atoms with E-state index in [4.69, 9.17) is 0 Å². The Hall–Kier alpha value is -2.40. The molecule has 5 heteroatoms. The van der Waals surface area contributed by atoms with Crippen LogP contribution in [0.15, 0.2) is 42.6 Å². The maximum atomic E-state index is 4.56. The molecule has 1 atom stereocenters. The lowest BCUT2D eigenvalue weighted by molar-refractivity contribution is 0.516. The molecule has 1 saturated heterocycles. The van der Waals surface area contributed by atoms with E-state index in [1.807, 2.05) is 24.9 Å². The maximum Gasteiger partial charge on any atom is 0.157 e. The van der Waals surface area contributed by atoms with Crippen molar-refractivity contribution in [3.05, 3.63) is 53.9 Å². The Labute approximate surface area is 148 Å². The van der Waals surface area contributed by atoms with Crippen molar-refractivity contribution >= 4 is 16.7 Å². The van der Waals surface area contributed by atoms with Gasteiger partial charge in [0.15, 0.2) is 5.65 Å². The van der Waals surface area contributed by atoms with Crippen LogP contribution in [-0.4, -0.2) is 34.4 Å². The molecular weight excluding hydrogens is 310 g/mol. The normalized spacial score (nSPS) is 17.5. The molecule has 4 rings (SSSR count). The SMILES string of the molecule is Cc1nn(C)c2ncc(CNC[C@@H]3CCN(c4ccccc4)C3)cc12. The van der Waals surface area contributed by atoms with Crippen LogP contribution in [0.25, 0.3) is 11.0 Å². The Kier molecular flexibility index (Phi) is 4.40. The van der Waals surface area contributed by atoms with Crippen molar-refractivity contribution in [1.29, 1.82) is 0 Å². The molecule has 3 heterocycles. The number of pyridine rings is 1. The Morgan fingerprint density at radius 3 is 2.92 bits per heavy atom. The number of nitrogens with zero attached hydrogens (tertiary/aromatic N) is 4. The first-order chi connectivity index (χ1) is 12.2. The first kappa shape index (κ1) is 16.1. The molecule has 0 spiro atoms. The molecule has 25 heavy (non-hydrogen) atoms. The fourth-order valence-electron chi connectivity index (χ4n) is 3.74. The Morgan fingerprint density at radius 2 is 2.08 bits per heavy atom. The van der Waals surface area contributed by atoms with Gasteiger partial charge < -0.3 is 10.2 Å². The van der Waals surface area contributed by atoms with Crippen LogP contribution in [0.3, 0.4) is 0 Å². The minimum atomic E-state index is 0.706. The monoisotopic (exact) mass is 335 g/mol. The van der Waals surface area contributed by atoms with Crippen molar-refractivity contribution in [3.63, 3.8) is 0 Å². The molecule has 0 unspecified atom stereocenters. The highest BCUT2D eigenvalue weighted by Crippen LogP contribution is 2.23. The number of anilines is 1. The highest BCUT2D eigenvalue weighted by Gasteiger charge is 2.22. The second-order valence-corrected chi connectivity index (χ2v) is 6.99. The number of fused-ring (bicyclic) bond motifs is 1. The van der Waals surface area contributed by atoms with E-state index in [0.717, 1.165) is 42.9 Å². The van der Waals surface area contributed by atoms with E-state index in [-0.39, 0.29) is 0 Å². The van der Waals surface area contributed by atoms with E-state index in [1.165, 1.54) is 17.7 Å². The zero-order chi connectivity index (χ0) is 17.2. The van der Waals surface area contributed by atoms with Crippen LogP contribution in [0, 0.1) is 12.8 Å². The van der Waals surface area contributed by atoms with Crippen LogP contribution >= 0.6 is 0 Å². The standard InChI is InChI=1S/C20H25N5/c1-15-19-10-17(13-22-20(19)24(2)23-15)12-21-11-16-8-9-25(14-16)18-6-4-3-5-7-18/h3-7,10,13,16,21H,8-9,11-12,14H2,1-2H3/t16-/m0/s1. The Balaban J connectivity index is 1.32. The van der Waals surface area contributed by atoms with Crippen LogP contribution in [0.1, 0.15) is 17.7 Å². The maximum absolute atomic E-state index is 4.56. The number of para-hydroxylation sites is 1. The predicted octanol–water partition coefficient (Wildman–Crippen LogP) is 2.89. The average Bonchev–Trinajstić information content (AvgIpc) is 3.21. The van der Waals surface area contributed by atoms with Gasteiger partial charge in [-0.2, -0.15) is 5.10 Å². The van der Waals surface area contributed by atoms with Gasteiger partial charge >= 0.3 is 0 Å². The van der Waals surface area contributed by atoms with Gasteiger partial charge in [-0.15, -0.1) is 0 Å². The van der Waals surface area contributed by atoms with Crippen molar-refractivity contribution in [2.45, 2.75) is 19.9 Å². The van der Waals surface area contributed by atoms with Crippen LogP contribution in [0.4, 0.5) is 5.69 Å². The highest BCUT2D eigenvalue weighted by molar-refractivity contribution is 5.78. The van der Waals surface area contributed by atoms with Crippen molar-refractivity contribution in [3.8, 4) is 0 Å². The fraction of sp³-hybridized carbons (Fsp3) is 0.400. The number of hydrogen-bond donors (Lipinski definition) is 1. The quantitative estimate of drug-likeness (QED) is 0.779. The zero-order valence-corrected chi connectivity index (χ0v) is 14.9. The molecule has 5 nitrogen and oxygen atoms in total. The van der Waals surface area contributed by atoms with E-state index in [1.54, 1.807) is 0 Å². The van der Waals surface area contributed by atoms with E-state index < -0.39 is 0 Å². The molecule has 0 aliphatic carbocycles. The number of aromatic nitrogens is 3. The Bertz CT molecular complexity index is 855. The van der Waals surface area contributed by atoms with Crippen LogP contribution in [0.5, 0.6) is 0 Å². The summed E-state index contributed by atoms with van der Waals surface area (Å²) >= 11 is 0. The second kappa shape index (κ2) is 6.84. The predicted molar refractivity (Wildman–Crippen MR) is 102 cm³/mol. The molecule has 1 aromatic carbocycles. The lowest BCUT2D eigenvalue weighted by Crippen LogP contribution is -2.26. The molecule has 0 radical (unpaired) electrons. The third-order valence-corrected chi connectivity index (χ3v) is 5.09. The van der Waals surface area contributed by atoms with Gasteiger partial charge in [0.1, 0.15) is 0 Å². The van der Waals surface area contributed by atoms with Gasteiger partial charge in [-0.1, -0.05) is 18.2 Å². The number of aryl methyl sites for hydroxylation is 2. The molecule has 1 aliphatic rings. The van der Waals surface area contributed by atoms with Crippen LogP contribution < -0.4 is 10.2 Å². The largest absolute Gasteiger partial charge is 0.371 e. The summed E-state index contributed by atoms with van der Waals surface area (Å²) in [5.74, 6) is 0.706. The van der Waals surface area contributed by atoms with Crippen molar-refractivity contribution in [1.82, 2.24) is 20.1 Å². The van der Waals surface area contributed by atoms with Gasteiger partial charge in [-0.3, -0.25) is 4.68 Å². The number of rotatable bonds is 5. The third kappa shape index (κ3) is 3.37. The molecule has 0 bridgehead atoms. The minimum absolute atomic E-state index is 0.706. The van der Waals surface area contributed by atoms with Gasteiger partial charge in [0.2, 0.25) is 0 Å². The summed E-state index contributed by atoms with van der Waals surface area (Å²) in [6.45, 7) is 6.24. The van der Waals surface area contributed by atoms with Gasteiger partial charge in [-0.05, 0) is 43.0 Å². The molecule has 1 fully saturated rings. The first-order valence-corrected chi connectivity index (χ1v) is 8.99. The second-order valence-electron chi connectivity index (χ2n) is 6.99. The van der Waals surface area contributed by atoms with Gasteiger partial charge in [0.05, 0.1) is 5.69 Å². The minimum Gasteiger partial charge on any atom is -0.371 e. The van der Waals surface area contributed by atoms with Crippen molar-refractivity contribution in [2.24, 2.45) is 13.0 Å². The summed E-state index contributed by atoms with van der Waals surface area (Å²) in [4.78, 5) is 7.04. The van der Waals surface area contributed by atoms with Crippen LogP contribution in [0.2, 0.25) is 0 Å². The summed E-state index contributed by atoms with van der Waals surface area (Å²) in [5, 5.41) is 9.20. The molecule has 130 valence electrons. The van der Waals surface area contributed by atoms with Gasteiger partial charge in [-0.25, -0.2) is 4.98 Å². The third-order valence-electron chi connectivity index (χ3n) is 5.09. The van der Waals surface area contributed by atoms with E-state index in [2.05, 4.69) is 56.7 Å². The van der Waals surface area contributed by atoms with Gasteiger partial charge in [0.25, 0.3) is 0 Å². The van der Waals surface area contributed by atoms with E-state index >= 15 is 0 Å². The molecule has 3 aromatic rings. The number of hydrogen-bond acceptors (Lipinski definition) is 4. The van der Waals surface area contributed by atoms with Gasteiger partial charge in [0, 0.05) is 50.5 Å². The van der Waals surface area contributed by atoms with E-state index in [0.29, 0.717) is 5.92 Å². The summed E-state index contributed by atoms with van der Waals surface area (Å²) in [6.07, 6.45) is 3.21. The van der Waals surface area contributed by atoms with Crippen LogP contribution in [-0.2, 0) is 13.6 Å². The Morgan fingerprint density at radius 1 is 1.24 bits per heavy atom. The number of benzene rings is 1. The molecule has 0 saturated carbocycles. The number of nitrogens with one attached hydrogen (secondary N) is 1. The fourth-order valence-corrected chi connectivity index (χ4v) is 3.74. The molecular formula is C20H25N5.